The van der Waals surface area contributed by atoms with Gasteiger partial charge in [-0.3, -0.25) is 19.3 Å². The lowest BCUT2D eigenvalue weighted by Crippen LogP contribution is -2.27. The average Bonchev–Trinajstić information content (AvgIpc) is 3.14. The van der Waals surface area contributed by atoms with Crippen molar-refractivity contribution in [2.24, 2.45) is 0 Å². The predicted octanol–water partition coefficient (Wildman–Crippen LogP) is 7.72. The minimum atomic E-state index is -0.406. The van der Waals surface area contributed by atoms with Crippen molar-refractivity contribution in [1.82, 2.24) is 4.90 Å². The van der Waals surface area contributed by atoms with E-state index >= 15 is 0 Å². The third-order valence-corrected chi connectivity index (χ3v) is 7.68. The maximum Gasteiger partial charge on any atom is 0.293 e. The average molecular weight is 650 g/mol. The molecule has 3 aromatic carbocycles. The molecule has 0 atom stereocenters. The number of aryl methyl sites for hydroxylation is 1. The van der Waals surface area contributed by atoms with Crippen molar-refractivity contribution < 1.29 is 23.9 Å². The number of rotatable bonds is 9. The number of halogens is 3. The number of hydrogen-bond acceptors (Lipinski definition) is 6. The third-order valence-electron chi connectivity index (χ3n) is 5.56. The Hall–Kier alpha value is -2.98. The molecule has 39 heavy (non-hydrogen) atoms. The summed E-state index contributed by atoms with van der Waals surface area (Å²) in [5.41, 5.74) is 2.82. The van der Waals surface area contributed by atoms with Crippen LogP contribution in [0.25, 0.3) is 6.08 Å². The van der Waals surface area contributed by atoms with Crippen LogP contribution in [0.15, 0.2) is 64.0 Å². The maximum atomic E-state index is 13.0. The molecule has 7 nitrogen and oxygen atoms in total. The summed E-state index contributed by atoms with van der Waals surface area (Å²) in [6, 6.07) is 15.8. The largest absolute Gasteiger partial charge is 0.490 e. The zero-order valence-electron chi connectivity index (χ0n) is 20.9. The molecule has 1 N–H and O–H groups in total. The fourth-order valence-corrected chi connectivity index (χ4v) is 5.20. The molecule has 0 saturated carbocycles. The number of benzene rings is 3. The number of hydrogen-bond donors (Lipinski definition) is 1. The van der Waals surface area contributed by atoms with Gasteiger partial charge in [-0.25, -0.2) is 0 Å². The number of imide groups is 1. The van der Waals surface area contributed by atoms with E-state index < -0.39 is 11.8 Å². The summed E-state index contributed by atoms with van der Waals surface area (Å²) >= 11 is 16.8. The van der Waals surface area contributed by atoms with Gasteiger partial charge in [-0.1, -0.05) is 57.3 Å². The lowest BCUT2D eigenvalue weighted by molar-refractivity contribution is -0.123. The van der Waals surface area contributed by atoms with Gasteiger partial charge < -0.3 is 14.8 Å². The molecule has 3 aromatic rings. The lowest BCUT2D eigenvalue weighted by atomic mass is 10.1. The molecule has 0 radical (unpaired) electrons. The van der Waals surface area contributed by atoms with Crippen molar-refractivity contribution in [3.63, 3.8) is 0 Å². The fraction of sp³-hybridized carbons (Fsp3) is 0.179. The van der Waals surface area contributed by atoms with Crippen molar-refractivity contribution >= 4 is 79.7 Å². The smallest absolute Gasteiger partial charge is 0.293 e. The van der Waals surface area contributed by atoms with Crippen LogP contribution < -0.4 is 14.8 Å². The molecular formula is C28H23BrCl2N2O5S. The van der Waals surface area contributed by atoms with E-state index in [0.717, 1.165) is 27.4 Å². The summed E-state index contributed by atoms with van der Waals surface area (Å²) in [5, 5.41) is 3.09. The van der Waals surface area contributed by atoms with Crippen LogP contribution in [0.5, 0.6) is 11.5 Å². The van der Waals surface area contributed by atoms with Crippen molar-refractivity contribution in [1.29, 1.82) is 0 Å². The Labute approximate surface area is 248 Å². The number of amides is 3. The molecule has 1 saturated heterocycles. The fourth-order valence-electron chi connectivity index (χ4n) is 3.64. The highest BCUT2D eigenvalue weighted by atomic mass is 79.9. The standard InChI is InChI=1S/C28H23BrCl2N2O5S/c1-3-37-23-11-18(12-24-27(35)33(28(36)39-24)14-17-5-7-19(29)8-6-17)10-22(31)26(23)38-15-25(34)32-20-9-4-16(2)21(30)13-20/h4-13H,3,14-15H2,1-2H3,(H,32,34)/b24-12-. The number of nitrogens with zero attached hydrogens (tertiary/aromatic N) is 1. The van der Waals surface area contributed by atoms with Crippen LogP contribution in [0.3, 0.4) is 0 Å². The summed E-state index contributed by atoms with van der Waals surface area (Å²) in [4.78, 5) is 39.5. The Kier molecular flexibility index (Phi) is 9.61. The molecule has 4 rings (SSSR count). The van der Waals surface area contributed by atoms with Gasteiger partial charge in [-0.15, -0.1) is 0 Å². The summed E-state index contributed by atoms with van der Waals surface area (Å²) in [7, 11) is 0. The molecule has 3 amide bonds. The molecule has 1 aliphatic rings. The van der Waals surface area contributed by atoms with Crippen molar-refractivity contribution in [3.05, 3.63) is 90.7 Å². The SMILES string of the molecule is CCOc1cc(/C=C2\SC(=O)N(Cc3ccc(Br)cc3)C2=O)cc(Cl)c1OCC(=O)Nc1ccc(C)c(Cl)c1. The normalized spacial score (nSPS) is 14.2. The Balaban J connectivity index is 1.48. The van der Waals surface area contributed by atoms with Gasteiger partial charge in [0.2, 0.25) is 0 Å². The Morgan fingerprint density at radius 2 is 1.79 bits per heavy atom. The minimum absolute atomic E-state index is 0.171. The molecule has 0 aliphatic carbocycles. The first-order valence-corrected chi connectivity index (χ1v) is 14.2. The van der Waals surface area contributed by atoms with Crippen LogP contribution in [0, 0.1) is 6.92 Å². The second-order valence-corrected chi connectivity index (χ2v) is 11.2. The lowest BCUT2D eigenvalue weighted by Gasteiger charge is -2.15. The van der Waals surface area contributed by atoms with E-state index in [9.17, 15) is 14.4 Å². The van der Waals surface area contributed by atoms with Crippen LogP contribution >= 0.6 is 50.9 Å². The quantitative estimate of drug-likeness (QED) is 0.239. The van der Waals surface area contributed by atoms with Crippen molar-refractivity contribution in [2.45, 2.75) is 20.4 Å². The van der Waals surface area contributed by atoms with Crippen LogP contribution in [-0.4, -0.2) is 35.2 Å². The number of ether oxygens (including phenoxy) is 2. The molecule has 202 valence electrons. The van der Waals surface area contributed by atoms with Gasteiger partial charge in [-0.2, -0.15) is 0 Å². The molecule has 1 heterocycles. The van der Waals surface area contributed by atoms with Gasteiger partial charge in [0.15, 0.2) is 18.1 Å². The molecule has 0 unspecified atom stereocenters. The minimum Gasteiger partial charge on any atom is -0.490 e. The van der Waals surface area contributed by atoms with E-state index in [1.165, 1.54) is 4.90 Å². The van der Waals surface area contributed by atoms with Crippen LogP contribution in [0.1, 0.15) is 23.6 Å². The first-order valence-electron chi connectivity index (χ1n) is 11.8. The number of thioether (sulfide) groups is 1. The van der Waals surface area contributed by atoms with Crippen LogP contribution in [0.2, 0.25) is 10.0 Å². The first kappa shape index (κ1) is 29.0. The second kappa shape index (κ2) is 12.9. The van der Waals surface area contributed by atoms with Crippen molar-refractivity contribution in [2.75, 3.05) is 18.5 Å². The van der Waals surface area contributed by atoms with Gasteiger partial charge >= 0.3 is 0 Å². The van der Waals surface area contributed by atoms with Crippen LogP contribution in [-0.2, 0) is 16.1 Å². The first-order chi connectivity index (χ1) is 18.6. The van der Waals surface area contributed by atoms with Gasteiger partial charge in [0.1, 0.15) is 0 Å². The highest BCUT2D eigenvalue weighted by Crippen LogP contribution is 2.39. The monoisotopic (exact) mass is 648 g/mol. The number of anilines is 1. The molecule has 11 heteroatoms. The van der Waals surface area contributed by atoms with E-state index in [4.69, 9.17) is 32.7 Å². The number of carbonyl (C=O) groups excluding carboxylic acids is 3. The van der Waals surface area contributed by atoms with E-state index in [1.54, 1.807) is 43.3 Å². The van der Waals surface area contributed by atoms with E-state index in [-0.39, 0.29) is 34.1 Å². The number of nitrogens with one attached hydrogen (secondary N) is 1. The van der Waals surface area contributed by atoms with Crippen molar-refractivity contribution in [3.8, 4) is 11.5 Å². The second-order valence-electron chi connectivity index (χ2n) is 8.46. The van der Waals surface area contributed by atoms with Gasteiger partial charge in [0.25, 0.3) is 17.1 Å². The highest BCUT2D eigenvalue weighted by molar-refractivity contribution is 9.10. The third kappa shape index (κ3) is 7.36. The molecule has 0 spiro atoms. The van der Waals surface area contributed by atoms with E-state index in [1.807, 2.05) is 31.2 Å². The molecule has 0 aromatic heterocycles. The summed E-state index contributed by atoms with van der Waals surface area (Å²) in [6.07, 6.45) is 1.58. The predicted molar refractivity (Wildman–Crippen MR) is 159 cm³/mol. The van der Waals surface area contributed by atoms with Gasteiger partial charge in [0.05, 0.1) is 23.1 Å². The summed E-state index contributed by atoms with van der Waals surface area (Å²) < 4.78 is 12.3. The zero-order valence-corrected chi connectivity index (χ0v) is 24.8. The Bertz CT molecular complexity index is 1460. The summed E-state index contributed by atoms with van der Waals surface area (Å²) in [6.45, 7) is 3.83. The van der Waals surface area contributed by atoms with Crippen LogP contribution in [0.4, 0.5) is 10.5 Å². The Morgan fingerprint density at radius 1 is 1.05 bits per heavy atom. The molecule has 1 fully saturated rings. The number of carbonyl (C=O) groups is 3. The molecule has 1 aliphatic heterocycles. The maximum absolute atomic E-state index is 13.0. The molecular weight excluding hydrogens is 627 g/mol. The Morgan fingerprint density at radius 3 is 2.49 bits per heavy atom. The van der Waals surface area contributed by atoms with Gasteiger partial charge in [0, 0.05) is 15.2 Å². The van der Waals surface area contributed by atoms with E-state index in [2.05, 4.69) is 21.2 Å². The topological polar surface area (TPSA) is 84.9 Å². The van der Waals surface area contributed by atoms with E-state index in [0.29, 0.717) is 28.6 Å². The zero-order chi connectivity index (χ0) is 28.1. The van der Waals surface area contributed by atoms with Gasteiger partial charge in [-0.05, 0) is 84.8 Å². The summed E-state index contributed by atoms with van der Waals surface area (Å²) in [5.74, 6) is -0.306. The highest BCUT2D eigenvalue weighted by Gasteiger charge is 2.35. The molecule has 0 bridgehead atoms.